The van der Waals surface area contributed by atoms with Crippen LogP contribution in [0.4, 0.5) is 5.69 Å². The van der Waals surface area contributed by atoms with Crippen molar-refractivity contribution in [3.8, 4) is 5.69 Å². The van der Waals surface area contributed by atoms with E-state index in [0.29, 0.717) is 33.9 Å². The highest BCUT2D eigenvalue weighted by Crippen LogP contribution is 2.17. The number of hydrogen-bond donors (Lipinski definition) is 3. The van der Waals surface area contributed by atoms with E-state index in [-0.39, 0.29) is 17.6 Å². The molecule has 0 bridgehead atoms. The molecular weight excluding hydrogens is 368 g/mol. The van der Waals surface area contributed by atoms with Gasteiger partial charge in [-0.25, -0.2) is 4.68 Å². The molecule has 0 aliphatic heterocycles. The molecule has 0 saturated heterocycles. The van der Waals surface area contributed by atoms with Crippen LogP contribution < -0.4 is 11.1 Å². The summed E-state index contributed by atoms with van der Waals surface area (Å²) in [6.07, 6.45) is 0. The van der Waals surface area contributed by atoms with Crippen LogP contribution in [0.5, 0.6) is 0 Å². The number of hydrogen-bond acceptors (Lipinski definition) is 4. The van der Waals surface area contributed by atoms with Gasteiger partial charge >= 0.3 is 0 Å². The van der Waals surface area contributed by atoms with Crippen LogP contribution in [0.1, 0.15) is 32.1 Å². The third-order valence-electron chi connectivity index (χ3n) is 4.28. The zero-order valence-electron chi connectivity index (χ0n) is 16.4. The minimum atomic E-state index is -0.326. The Morgan fingerprint density at radius 3 is 2.17 bits per heavy atom. The molecule has 2 amide bonds. The van der Waals surface area contributed by atoms with Crippen LogP contribution in [-0.2, 0) is 0 Å². The average molecular weight is 390 g/mol. The second-order valence-corrected chi connectivity index (χ2v) is 6.77. The van der Waals surface area contributed by atoms with Crippen molar-refractivity contribution in [3.05, 3.63) is 77.1 Å². The van der Waals surface area contributed by atoms with Gasteiger partial charge in [0.25, 0.3) is 11.8 Å². The highest BCUT2D eigenvalue weighted by molar-refractivity contribution is 6.04. The molecule has 3 rings (SSSR count). The normalized spacial score (nSPS) is 10.4. The van der Waals surface area contributed by atoms with E-state index in [1.165, 1.54) is 4.90 Å². The Kier molecular flexibility index (Phi) is 5.45. The molecule has 3 aromatic rings. The molecule has 4 N–H and O–H groups in total. The van der Waals surface area contributed by atoms with E-state index in [4.69, 9.17) is 11.1 Å². The van der Waals surface area contributed by atoms with Crippen molar-refractivity contribution in [2.45, 2.75) is 6.92 Å². The van der Waals surface area contributed by atoms with Crippen molar-refractivity contribution < 1.29 is 9.59 Å². The molecule has 0 saturated carbocycles. The van der Waals surface area contributed by atoms with Crippen molar-refractivity contribution in [1.29, 1.82) is 5.41 Å². The maximum absolute atomic E-state index is 12.8. The first-order valence-electron chi connectivity index (χ1n) is 8.91. The van der Waals surface area contributed by atoms with E-state index in [0.717, 1.165) is 0 Å². The Hall–Kier alpha value is -3.94. The van der Waals surface area contributed by atoms with E-state index in [1.54, 1.807) is 80.3 Å². The zero-order chi connectivity index (χ0) is 21.1. The van der Waals surface area contributed by atoms with Crippen LogP contribution in [-0.4, -0.2) is 46.4 Å². The first kappa shape index (κ1) is 19.8. The lowest BCUT2D eigenvalue weighted by molar-refractivity contribution is 0.0827. The van der Waals surface area contributed by atoms with Gasteiger partial charge in [0.2, 0.25) is 0 Å². The number of carbonyl (C=O) groups is 2. The van der Waals surface area contributed by atoms with Gasteiger partial charge in [-0.2, -0.15) is 5.10 Å². The number of amides is 2. The Morgan fingerprint density at radius 2 is 1.62 bits per heavy atom. The van der Waals surface area contributed by atoms with Crippen molar-refractivity contribution in [2.75, 3.05) is 19.4 Å². The predicted octanol–water partition coefficient (Wildman–Crippen LogP) is 2.42. The third kappa shape index (κ3) is 4.32. The number of benzene rings is 2. The Labute approximate surface area is 168 Å². The lowest BCUT2D eigenvalue weighted by Gasteiger charge is -2.11. The van der Waals surface area contributed by atoms with E-state index < -0.39 is 0 Å². The fourth-order valence-corrected chi connectivity index (χ4v) is 2.79. The lowest BCUT2D eigenvalue weighted by Crippen LogP contribution is -2.21. The molecular formula is C21H22N6O2. The average Bonchev–Trinajstić information content (AvgIpc) is 3.10. The first-order valence-corrected chi connectivity index (χ1v) is 8.91. The summed E-state index contributed by atoms with van der Waals surface area (Å²) in [6.45, 7) is 1.80. The van der Waals surface area contributed by atoms with Crippen LogP contribution in [0.15, 0.2) is 54.6 Å². The molecule has 0 atom stereocenters. The van der Waals surface area contributed by atoms with Crippen LogP contribution in [0.25, 0.3) is 5.69 Å². The van der Waals surface area contributed by atoms with Crippen molar-refractivity contribution >= 4 is 23.3 Å². The van der Waals surface area contributed by atoms with Gasteiger partial charge in [-0.3, -0.25) is 15.0 Å². The summed E-state index contributed by atoms with van der Waals surface area (Å²) in [6, 6.07) is 15.3. The van der Waals surface area contributed by atoms with Crippen molar-refractivity contribution in [1.82, 2.24) is 14.7 Å². The molecule has 0 spiro atoms. The molecule has 0 fully saturated rings. The molecule has 148 valence electrons. The first-order chi connectivity index (χ1) is 13.8. The van der Waals surface area contributed by atoms with Gasteiger partial charge in [0.05, 0.1) is 11.4 Å². The van der Waals surface area contributed by atoms with Gasteiger partial charge in [0, 0.05) is 30.9 Å². The third-order valence-corrected chi connectivity index (χ3v) is 4.28. The molecule has 2 aromatic carbocycles. The summed E-state index contributed by atoms with van der Waals surface area (Å²) < 4.78 is 1.54. The van der Waals surface area contributed by atoms with Crippen LogP contribution in [0, 0.1) is 12.3 Å². The quantitative estimate of drug-likeness (QED) is 0.458. The highest BCUT2D eigenvalue weighted by atomic mass is 16.2. The molecule has 0 radical (unpaired) electrons. The van der Waals surface area contributed by atoms with Crippen LogP contribution in [0.3, 0.4) is 0 Å². The number of nitrogens with one attached hydrogen (secondary N) is 2. The standard InChI is InChI=1S/C21H22N6O2/c1-13-12-18(27(25-13)17-10-6-14(7-11-17)19(22)23)20(28)24-16-8-4-15(5-9-16)21(29)26(2)3/h4-12H,1-3H3,(H3,22,23)(H,24,28). The van der Waals surface area contributed by atoms with E-state index in [9.17, 15) is 9.59 Å². The maximum atomic E-state index is 12.8. The lowest BCUT2D eigenvalue weighted by atomic mass is 10.2. The largest absolute Gasteiger partial charge is 0.384 e. The molecule has 1 heterocycles. The minimum absolute atomic E-state index is 0.0256. The number of nitrogens with zero attached hydrogens (tertiary/aromatic N) is 3. The monoisotopic (exact) mass is 390 g/mol. The molecule has 0 aliphatic rings. The highest BCUT2D eigenvalue weighted by Gasteiger charge is 2.16. The summed E-state index contributed by atoms with van der Waals surface area (Å²) in [7, 11) is 3.37. The molecule has 29 heavy (non-hydrogen) atoms. The van der Waals surface area contributed by atoms with Crippen molar-refractivity contribution in [2.24, 2.45) is 5.73 Å². The van der Waals surface area contributed by atoms with E-state index >= 15 is 0 Å². The Bertz CT molecular complexity index is 1070. The molecule has 1 aromatic heterocycles. The summed E-state index contributed by atoms with van der Waals surface area (Å²) in [5.74, 6) is -0.458. The predicted molar refractivity (Wildman–Crippen MR) is 112 cm³/mol. The molecule has 8 nitrogen and oxygen atoms in total. The zero-order valence-corrected chi connectivity index (χ0v) is 16.4. The number of amidine groups is 1. The van der Waals surface area contributed by atoms with Gasteiger partial charge in [-0.1, -0.05) is 0 Å². The van der Waals surface area contributed by atoms with E-state index in [2.05, 4.69) is 10.4 Å². The maximum Gasteiger partial charge on any atom is 0.274 e. The summed E-state index contributed by atoms with van der Waals surface area (Å²) in [5, 5.41) is 14.7. The number of aromatic nitrogens is 2. The van der Waals surface area contributed by atoms with Gasteiger partial charge in [0.1, 0.15) is 11.5 Å². The smallest absolute Gasteiger partial charge is 0.274 e. The number of nitrogens with two attached hydrogens (primary N) is 1. The van der Waals surface area contributed by atoms with Gasteiger partial charge in [-0.05, 0) is 61.5 Å². The number of rotatable bonds is 5. The Morgan fingerprint density at radius 1 is 1.03 bits per heavy atom. The summed E-state index contributed by atoms with van der Waals surface area (Å²) in [5.41, 5.74) is 8.94. The summed E-state index contributed by atoms with van der Waals surface area (Å²) in [4.78, 5) is 26.3. The van der Waals surface area contributed by atoms with Gasteiger partial charge in [-0.15, -0.1) is 0 Å². The van der Waals surface area contributed by atoms with Gasteiger partial charge < -0.3 is 16.0 Å². The topological polar surface area (TPSA) is 117 Å². The van der Waals surface area contributed by atoms with Crippen LogP contribution >= 0.6 is 0 Å². The molecule has 0 aliphatic carbocycles. The SMILES string of the molecule is Cc1cc(C(=O)Nc2ccc(C(=O)N(C)C)cc2)n(-c2ccc(C(=N)N)cc2)n1. The number of aryl methyl sites for hydroxylation is 1. The minimum Gasteiger partial charge on any atom is -0.384 e. The molecule has 8 heteroatoms. The Balaban J connectivity index is 1.83. The number of nitrogen functional groups attached to an aromatic ring is 1. The number of anilines is 1. The van der Waals surface area contributed by atoms with Crippen LogP contribution in [0.2, 0.25) is 0 Å². The molecule has 0 unspecified atom stereocenters. The fraction of sp³-hybridized carbons (Fsp3) is 0.143. The van der Waals surface area contributed by atoms with E-state index in [1.807, 2.05) is 0 Å². The number of carbonyl (C=O) groups excluding carboxylic acids is 2. The summed E-state index contributed by atoms with van der Waals surface area (Å²) >= 11 is 0. The van der Waals surface area contributed by atoms with Gasteiger partial charge in [0.15, 0.2) is 0 Å². The van der Waals surface area contributed by atoms with Crippen molar-refractivity contribution in [3.63, 3.8) is 0 Å². The second kappa shape index (κ2) is 7.97. The fourth-order valence-electron chi connectivity index (χ4n) is 2.79. The second-order valence-electron chi connectivity index (χ2n) is 6.77.